The second-order valence-corrected chi connectivity index (χ2v) is 13.9. The SMILES string of the molecule is COC(=O)C(F)(F)F.Cn1c(-c2cn(-c3ccc(N)cn3)nc2C#N)cnc1C(=O)Nc1ccc(C(=O)N2CCN(C(=O)C3CC[N+](C)(C)C3)CC2)c(Cl)c1. The Morgan fingerprint density at radius 3 is 2.29 bits per heavy atom. The van der Waals surface area contributed by atoms with E-state index in [4.69, 9.17) is 17.3 Å². The van der Waals surface area contributed by atoms with E-state index in [0.717, 1.165) is 24.0 Å². The van der Waals surface area contributed by atoms with Gasteiger partial charge < -0.3 is 34.6 Å². The lowest BCUT2D eigenvalue weighted by molar-refractivity contribution is -0.878. The topological polar surface area (TPSA) is 194 Å². The van der Waals surface area contributed by atoms with Crippen LogP contribution in [0.3, 0.4) is 0 Å². The lowest BCUT2D eigenvalue weighted by Gasteiger charge is -2.36. The minimum atomic E-state index is -4.85. The normalized spacial score (nSPS) is 16.5. The number of alkyl halides is 3. The molecular weight excluding hydrogens is 747 g/mol. The number of aromatic nitrogens is 5. The Kier molecular flexibility index (Phi) is 11.8. The Balaban J connectivity index is 0.000000654. The van der Waals surface area contributed by atoms with Gasteiger partial charge in [0.15, 0.2) is 17.3 Å². The maximum Gasteiger partial charge on any atom is 0.490 e. The van der Waals surface area contributed by atoms with E-state index in [1.54, 1.807) is 47.0 Å². The highest BCUT2D eigenvalue weighted by molar-refractivity contribution is 6.34. The summed E-state index contributed by atoms with van der Waals surface area (Å²) in [5, 5.41) is 17.0. The van der Waals surface area contributed by atoms with Gasteiger partial charge in [-0.2, -0.15) is 23.5 Å². The van der Waals surface area contributed by atoms with Crippen molar-refractivity contribution in [2.75, 3.05) is 71.5 Å². The molecule has 2 aliphatic heterocycles. The highest BCUT2D eigenvalue weighted by Gasteiger charge is 2.40. The molecule has 20 heteroatoms. The number of anilines is 2. The third kappa shape index (κ3) is 9.21. The molecule has 0 bridgehead atoms. The van der Waals surface area contributed by atoms with E-state index in [-0.39, 0.29) is 34.3 Å². The standard InChI is InChI=1S/C32H34ClN11O3.C3H3F3O2/c1-40-27(24-18-43(39-26(24)15-34)28-7-4-21(35)16-36-28)17-37-29(40)30(45)38-22-5-6-23(25(33)14-22)32(47)42-11-9-41(10-12-42)31(46)20-8-13-44(2,3)19-20;1-8-2(7)3(4,5)6/h4-7,14,16-18,20H,8-13,19,35H2,1-3H3;1H3/p+1. The number of rotatable bonds is 6. The zero-order valence-corrected chi connectivity index (χ0v) is 31.1. The number of benzene rings is 1. The van der Waals surface area contributed by atoms with Crippen LogP contribution in [-0.2, 0) is 21.4 Å². The number of halogens is 4. The summed E-state index contributed by atoms with van der Waals surface area (Å²) in [4.78, 5) is 61.2. The number of nitrogens with two attached hydrogens (primary N) is 1. The predicted octanol–water partition coefficient (Wildman–Crippen LogP) is 3.13. The Bertz CT molecular complexity index is 2140. The van der Waals surface area contributed by atoms with Gasteiger partial charge in [0.25, 0.3) is 11.8 Å². The van der Waals surface area contributed by atoms with Gasteiger partial charge in [0.1, 0.15) is 6.07 Å². The zero-order valence-electron chi connectivity index (χ0n) is 30.3. The summed E-state index contributed by atoms with van der Waals surface area (Å²) in [6.07, 6.45) is 0.657. The van der Waals surface area contributed by atoms with Crippen molar-refractivity contribution in [3.8, 4) is 23.1 Å². The molecule has 2 saturated heterocycles. The van der Waals surface area contributed by atoms with Crippen LogP contribution in [0.2, 0.25) is 5.02 Å². The molecule has 3 amide bonds. The first-order chi connectivity index (χ1) is 25.9. The van der Waals surface area contributed by atoms with Crippen LogP contribution in [-0.4, -0.2) is 129 Å². The third-order valence-corrected chi connectivity index (χ3v) is 9.51. The molecule has 0 spiro atoms. The van der Waals surface area contributed by atoms with E-state index in [1.807, 2.05) is 4.90 Å². The van der Waals surface area contributed by atoms with Gasteiger partial charge in [0.05, 0.1) is 80.1 Å². The smallest absolute Gasteiger partial charge is 0.462 e. The maximum absolute atomic E-state index is 13.3. The number of hydrogen-bond acceptors (Lipinski definition) is 10. The van der Waals surface area contributed by atoms with Crippen LogP contribution in [0, 0.1) is 17.2 Å². The number of likely N-dealkylation sites (tertiary alicyclic amines) is 1. The molecule has 0 saturated carbocycles. The van der Waals surface area contributed by atoms with Crippen molar-refractivity contribution in [1.82, 2.24) is 34.1 Å². The Morgan fingerprint density at radius 1 is 1.05 bits per heavy atom. The van der Waals surface area contributed by atoms with Gasteiger partial charge in [-0.1, -0.05) is 11.6 Å². The van der Waals surface area contributed by atoms with Crippen LogP contribution >= 0.6 is 11.6 Å². The van der Waals surface area contributed by atoms with Crippen molar-refractivity contribution in [2.24, 2.45) is 13.0 Å². The molecule has 1 aromatic carbocycles. The second kappa shape index (κ2) is 16.2. The molecule has 16 nitrogen and oxygen atoms in total. The summed E-state index contributed by atoms with van der Waals surface area (Å²) in [6.45, 7) is 3.66. The number of carbonyl (C=O) groups excluding carboxylic acids is 4. The highest BCUT2D eigenvalue weighted by Crippen LogP contribution is 2.28. The number of esters is 1. The number of nitrogen functional groups attached to an aromatic ring is 1. The highest BCUT2D eigenvalue weighted by atomic mass is 35.5. The van der Waals surface area contributed by atoms with Crippen LogP contribution in [0.4, 0.5) is 24.5 Å². The first kappa shape index (κ1) is 40.2. The van der Waals surface area contributed by atoms with Crippen LogP contribution in [0.1, 0.15) is 33.1 Å². The number of quaternary nitrogens is 1. The lowest BCUT2D eigenvalue weighted by atomic mass is 10.1. The molecule has 5 heterocycles. The number of carbonyl (C=O) groups is 4. The van der Waals surface area contributed by atoms with Crippen molar-refractivity contribution >= 4 is 46.7 Å². The third-order valence-electron chi connectivity index (χ3n) is 9.19. The first-order valence-corrected chi connectivity index (χ1v) is 17.2. The summed E-state index contributed by atoms with van der Waals surface area (Å²) in [5.74, 6) is -2.13. The monoisotopic (exact) mass is 784 g/mol. The van der Waals surface area contributed by atoms with E-state index >= 15 is 0 Å². The molecule has 1 unspecified atom stereocenters. The van der Waals surface area contributed by atoms with Gasteiger partial charge in [-0.3, -0.25) is 14.4 Å². The van der Waals surface area contributed by atoms with E-state index < -0.39 is 18.1 Å². The number of piperazine rings is 1. The van der Waals surface area contributed by atoms with Gasteiger partial charge >= 0.3 is 12.1 Å². The Morgan fingerprint density at radius 2 is 1.75 bits per heavy atom. The summed E-state index contributed by atoms with van der Waals surface area (Å²) in [5.41, 5.74) is 8.03. The van der Waals surface area contributed by atoms with Crippen molar-refractivity contribution in [1.29, 1.82) is 5.26 Å². The largest absolute Gasteiger partial charge is 0.490 e. The molecule has 2 aliphatic rings. The molecule has 290 valence electrons. The first-order valence-electron chi connectivity index (χ1n) is 16.8. The number of pyridine rings is 1. The molecular formula is C35H38ClF3N11O5+. The predicted molar refractivity (Wildman–Crippen MR) is 193 cm³/mol. The second-order valence-electron chi connectivity index (χ2n) is 13.5. The molecule has 4 aromatic rings. The maximum atomic E-state index is 13.3. The van der Waals surface area contributed by atoms with Crippen LogP contribution in [0.15, 0.2) is 48.9 Å². The fraction of sp³-hybridized carbons (Fsp3) is 0.371. The van der Waals surface area contributed by atoms with E-state index in [0.29, 0.717) is 67.3 Å². The number of nitrogens with zero attached hydrogens (tertiary/aromatic N) is 9. The van der Waals surface area contributed by atoms with Crippen molar-refractivity contribution < 1.29 is 41.6 Å². The Labute approximate surface area is 318 Å². The average Bonchev–Trinajstić information content (AvgIpc) is 3.86. The average molecular weight is 785 g/mol. The minimum absolute atomic E-state index is 0.0358. The molecule has 6 rings (SSSR count). The molecule has 2 fully saturated rings. The van der Waals surface area contributed by atoms with Gasteiger partial charge in [-0.05, 0) is 30.3 Å². The number of hydrogen-bond donors (Lipinski definition) is 2. The minimum Gasteiger partial charge on any atom is -0.462 e. The van der Waals surface area contributed by atoms with Crippen LogP contribution in [0.5, 0.6) is 0 Å². The van der Waals surface area contributed by atoms with Gasteiger partial charge in [0, 0.05) is 51.5 Å². The number of methoxy groups -OCH3 is 1. The summed E-state index contributed by atoms with van der Waals surface area (Å²) in [6, 6.07) is 10.1. The number of nitrogens with one attached hydrogen (secondary N) is 1. The van der Waals surface area contributed by atoms with Gasteiger partial charge in [-0.25, -0.2) is 19.4 Å². The molecule has 0 radical (unpaired) electrons. The number of imidazole rings is 1. The van der Waals surface area contributed by atoms with Crippen molar-refractivity contribution in [3.63, 3.8) is 0 Å². The molecule has 3 N–H and O–H groups in total. The van der Waals surface area contributed by atoms with Gasteiger partial charge in [-0.15, -0.1) is 0 Å². The van der Waals surface area contributed by atoms with E-state index in [1.165, 1.54) is 23.1 Å². The fourth-order valence-corrected chi connectivity index (χ4v) is 6.54. The van der Waals surface area contributed by atoms with Gasteiger partial charge in [0.2, 0.25) is 5.91 Å². The van der Waals surface area contributed by atoms with Crippen molar-refractivity contribution in [3.05, 3.63) is 71.0 Å². The molecule has 1 atom stereocenters. The summed E-state index contributed by atoms with van der Waals surface area (Å²) in [7, 11) is 6.62. The number of ether oxygens (including phenoxy) is 1. The lowest BCUT2D eigenvalue weighted by Crippen LogP contribution is -2.52. The van der Waals surface area contributed by atoms with Crippen LogP contribution in [0.25, 0.3) is 17.1 Å². The molecule has 3 aromatic heterocycles. The summed E-state index contributed by atoms with van der Waals surface area (Å²) >= 11 is 6.54. The van der Waals surface area contributed by atoms with E-state index in [2.05, 4.69) is 45.3 Å². The molecule has 55 heavy (non-hydrogen) atoms. The van der Waals surface area contributed by atoms with Crippen LogP contribution < -0.4 is 11.1 Å². The Hall–Kier alpha value is -6.00. The zero-order chi connectivity index (χ0) is 40.2. The quantitative estimate of drug-likeness (QED) is 0.217. The van der Waals surface area contributed by atoms with E-state index in [9.17, 15) is 37.6 Å². The fourth-order valence-electron chi connectivity index (χ4n) is 6.28. The molecule has 0 aliphatic carbocycles. The summed E-state index contributed by atoms with van der Waals surface area (Å²) < 4.78 is 40.1. The number of nitriles is 1. The number of amides is 3. The van der Waals surface area contributed by atoms with Crippen molar-refractivity contribution in [2.45, 2.75) is 12.6 Å².